The molecule has 0 heterocycles. The number of rotatable bonds is 6. The van der Waals surface area contributed by atoms with E-state index in [9.17, 15) is 9.59 Å². The second-order valence-electron chi connectivity index (χ2n) is 3.71. The first-order chi connectivity index (χ1) is 7.51. The van der Waals surface area contributed by atoms with Crippen molar-refractivity contribution in [2.45, 2.75) is 26.3 Å². The van der Waals surface area contributed by atoms with Crippen molar-refractivity contribution in [1.82, 2.24) is 5.32 Å². The Morgan fingerprint density at radius 3 is 2.44 bits per heavy atom. The van der Waals surface area contributed by atoms with Gasteiger partial charge in [-0.1, -0.05) is 13.8 Å². The van der Waals surface area contributed by atoms with Gasteiger partial charge in [-0.25, -0.2) is 9.59 Å². The Balaban J connectivity index is 4.19. The molecule has 0 saturated heterocycles. The molecule has 0 aromatic heterocycles. The average Bonchev–Trinajstić information content (AvgIpc) is 2.23. The molecule has 0 aliphatic rings. The molecule has 1 unspecified atom stereocenters. The van der Waals surface area contributed by atoms with E-state index in [0.29, 0.717) is 6.42 Å². The van der Waals surface area contributed by atoms with Gasteiger partial charge in [-0.15, -0.1) is 0 Å². The van der Waals surface area contributed by atoms with Crippen LogP contribution in [-0.2, 0) is 14.3 Å². The van der Waals surface area contributed by atoms with E-state index in [1.807, 2.05) is 13.8 Å². The lowest BCUT2D eigenvalue weighted by molar-refractivity contribution is -0.143. The number of aliphatic hydroxyl groups excluding tert-OH is 1. The van der Waals surface area contributed by atoms with Crippen molar-refractivity contribution < 1.29 is 24.2 Å². The van der Waals surface area contributed by atoms with Gasteiger partial charge in [0.15, 0.2) is 0 Å². The summed E-state index contributed by atoms with van der Waals surface area (Å²) in [5, 5.41) is 10.8. The van der Waals surface area contributed by atoms with E-state index in [0.717, 1.165) is 0 Å². The van der Waals surface area contributed by atoms with Gasteiger partial charge in [0.1, 0.15) is 12.6 Å². The molecule has 16 heavy (non-hydrogen) atoms. The van der Waals surface area contributed by atoms with E-state index in [-0.39, 0.29) is 19.1 Å². The summed E-state index contributed by atoms with van der Waals surface area (Å²) in [5.74, 6) is -0.267. The topological polar surface area (TPSA) is 84.9 Å². The zero-order chi connectivity index (χ0) is 12.6. The number of nitrogens with one attached hydrogen (secondary N) is 1. The van der Waals surface area contributed by atoms with Gasteiger partial charge in [-0.3, -0.25) is 0 Å². The van der Waals surface area contributed by atoms with Gasteiger partial charge < -0.3 is 19.9 Å². The monoisotopic (exact) mass is 233 g/mol. The van der Waals surface area contributed by atoms with Crippen molar-refractivity contribution in [3.05, 3.63) is 0 Å². The average molecular weight is 233 g/mol. The molecule has 0 radical (unpaired) electrons. The molecule has 6 nitrogen and oxygen atoms in total. The molecule has 1 atom stereocenters. The second kappa shape index (κ2) is 7.92. The maximum atomic E-state index is 11.3. The van der Waals surface area contributed by atoms with E-state index in [1.54, 1.807) is 0 Å². The predicted octanol–water partition coefficient (Wildman–Crippen LogP) is 0.293. The van der Waals surface area contributed by atoms with Gasteiger partial charge in [0.25, 0.3) is 0 Å². The summed E-state index contributed by atoms with van der Waals surface area (Å²) in [7, 11) is 1.26. The van der Waals surface area contributed by atoms with Crippen LogP contribution >= 0.6 is 0 Å². The van der Waals surface area contributed by atoms with E-state index < -0.39 is 18.1 Å². The number of carbonyl (C=O) groups excluding carboxylic acids is 2. The van der Waals surface area contributed by atoms with Crippen LogP contribution in [0.1, 0.15) is 20.3 Å². The van der Waals surface area contributed by atoms with Gasteiger partial charge in [0.05, 0.1) is 13.7 Å². The molecule has 2 N–H and O–H groups in total. The van der Waals surface area contributed by atoms with E-state index in [4.69, 9.17) is 5.11 Å². The molecule has 0 bridgehead atoms. The highest BCUT2D eigenvalue weighted by molar-refractivity contribution is 5.81. The summed E-state index contributed by atoms with van der Waals surface area (Å²) in [5.41, 5.74) is 0. The molecule has 0 aliphatic carbocycles. The Hall–Kier alpha value is -1.30. The van der Waals surface area contributed by atoms with Crippen LogP contribution in [0.15, 0.2) is 0 Å². The summed E-state index contributed by atoms with van der Waals surface area (Å²) >= 11 is 0. The highest BCUT2D eigenvalue weighted by Crippen LogP contribution is 2.06. The largest absolute Gasteiger partial charge is 0.467 e. The molecule has 1 amide bonds. The number of esters is 1. The SMILES string of the molecule is COC(=O)C(CC(C)C)NC(=O)OCCO. The first-order valence-corrected chi connectivity index (χ1v) is 5.13. The molecular weight excluding hydrogens is 214 g/mol. The molecule has 0 rings (SSSR count). The number of hydrogen-bond acceptors (Lipinski definition) is 5. The van der Waals surface area contributed by atoms with Gasteiger partial charge in [0.2, 0.25) is 0 Å². The number of ether oxygens (including phenoxy) is 2. The zero-order valence-electron chi connectivity index (χ0n) is 9.86. The molecule has 0 aliphatic heterocycles. The molecular formula is C10H19NO5. The number of carbonyl (C=O) groups is 2. The molecule has 0 saturated carbocycles. The van der Waals surface area contributed by atoms with Crippen LogP contribution < -0.4 is 5.32 Å². The van der Waals surface area contributed by atoms with E-state index in [1.165, 1.54) is 7.11 Å². The lowest BCUT2D eigenvalue weighted by atomic mass is 10.0. The summed E-state index contributed by atoms with van der Waals surface area (Å²) in [6.45, 7) is 3.51. The van der Waals surface area contributed by atoms with Crippen LogP contribution in [0.3, 0.4) is 0 Å². The normalized spacial score (nSPS) is 12.1. The first kappa shape index (κ1) is 14.7. The third-order valence-electron chi connectivity index (χ3n) is 1.81. The highest BCUT2D eigenvalue weighted by atomic mass is 16.6. The predicted molar refractivity (Wildman–Crippen MR) is 56.8 cm³/mol. The fourth-order valence-corrected chi connectivity index (χ4v) is 1.15. The molecule has 0 fully saturated rings. The Morgan fingerprint density at radius 2 is 2.00 bits per heavy atom. The van der Waals surface area contributed by atoms with Crippen LogP contribution in [0.4, 0.5) is 4.79 Å². The first-order valence-electron chi connectivity index (χ1n) is 5.13. The second-order valence-corrected chi connectivity index (χ2v) is 3.71. The fourth-order valence-electron chi connectivity index (χ4n) is 1.15. The maximum absolute atomic E-state index is 11.3. The van der Waals surface area contributed by atoms with Crippen molar-refractivity contribution in [2.75, 3.05) is 20.3 Å². The van der Waals surface area contributed by atoms with Crippen LogP contribution in [0.25, 0.3) is 0 Å². The Morgan fingerprint density at radius 1 is 1.38 bits per heavy atom. The molecule has 6 heteroatoms. The number of aliphatic hydroxyl groups is 1. The molecule has 94 valence electrons. The van der Waals surface area contributed by atoms with Crippen LogP contribution in [0.5, 0.6) is 0 Å². The minimum Gasteiger partial charge on any atom is -0.467 e. The zero-order valence-corrected chi connectivity index (χ0v) is 9.86. The summed E-state index contributed by atoms with van der Waals surface area (Å²) < 4.78 is 9.15. The van der Waals surface area contributed by atoms with Crippen molar-refractivity contribution in [3.8, 4) is 0 Å². The van der Waals surface area contributed by atoms with Gasteiger partial charge in [0, 0.05) is 0 Å². The Kier molecular flexibility index (Phi) is 7.28. The highest BCUT2D eigenvalue weighted by Gasteiger charge is 2.22. The van der Waals surface area contributed by atoms with Crippen LogP contribution in [0.2, 0.25) is 0 Å². The molecule has 0 aromatic rings. The minimum absolute atomic E-state index is 0.0958. The lowest BCUT2D eigenvalue weighted by Crippen LogP contribution is -2.42. The number of amides is 1. The third kappa shape index (κ3) is 6.23. The van der Waals surface area contributed by atoms with Crippen molar-refractivity contribution in [1.29, 1.82) is 0 Å². The van der Waals surface area contributed by atoms with Crippen molar-refractivity contribution in [3.63, 3.8) is 0 Å². The summed E-state index contributed by atoms with van der Waals surface area (Å²) in [4.78, 5) is 22.5. The molecule has 0 aromatic carbocycles. The Bertz CT molecular complexity index is 229. The van der Waals surface area contributed by atoms with Gasteiger partial charge in [-0.2, -0.15) is 0 Å². The number of alkyl carbamates (subject to hydrolysis) is 1. The maximum Gasteiger partial charge on any atom is 0.407 e. The Labute approximate surface area is 94.9 Å². The van der Waals surface area contributed by atoms with Crippen LogP contribution in [-0.4, -0.2) is 43.5 Å². The summed E-state index contributed by atoms with van der Waals surface area (Å²) in [6, 6.07) is -0.712. The standard InChI is InChI=1S/C10H19NO5/c1-7(2)6-8(9(13)15-3)11-10(14)16-5-4-12/h7-8,12H,4-6H2,1-3H3,(H,11,14). The van der Waals surface area contributed by atoms with E-state index in [2.05, 4.69) is 14.8 Å². The van der Waals surface area contributed by atoms with E-state index >= 15 is 0 Å². The fraction of sp³-hybridized carbons (Fsp3) is 0.800. The number of methoxy groups -OCH3 is 1. The lowest BCUT2D eigenvalue weighted by Gasteiger charge is -2.17. The van der Waals surface area contributed by atoms with Gasteiger partial charge >= 0.3 is 12.1 Å². The quantitative estimate of drug-likeness (QED) is 0.644. The summed E-state index contributed by atoms with van der Waals surface area (Å²) in [6.07, 6.45) is -0.258. The smallest absolute Gasteiger partial charge is 0.407 e. The van der Waals surface area contributed by atoms with Crippen molar-refractivity contribution in [2.24, 2.45) is 5.92 Å². The van der Waals surface area contributed by atoms with Crippen molar-refractivity contribution >= 4 is 12.1 Å². The minimum atomic E-state index is -0.731. The van der Waals surface area contributed by atoms with Crippen LogP contribution in [0, 0.1) is 5.92 Å². The molecule has 0 spiro atoms. The van der Waals surface area contributed by atoms with Gasteiger partial charge in [-0.05, 0) is 12.3 Å². The third-order valence-corrected chi connectivity index (χ3v) is 1.81. The number of hydrogen-bond donors (Lipinski definition) is 2.